The summed E-state index contributed by atoms with van der Waals surface area (Å²) in [7, 11) is -2.49. The van der Waals surface area contributed by atoms with Crippen molar-refractivity contribution >= 4 is 15.7 Å². The predicted octanol–water partition coefficient (Wildman–Crippen LogP) is 3.61. The topological polar surface area (TPSA) is 129 Å². The quantitative estimate of drug-likeness (QED) is 0.267. The number of hydrogen-bond acceptors (Lipinski definition) is 8. The molecule has 4 rings (SSSR count). The highest BCUT2D eigenvalue weighted by Gasteiger charge is 2.52. The van der Waals surface area contributed by atoms with E-state index in [1.54, 1.807) is 36.9 Å². The monoisotopic (exact) mass is 563 g/mol. The van der Waals surface area contributed by atoms with Gasteiger partial charge in [0.15, 0.2) is 14.6 Å². The molecule has 0 spiro atoms. The maximum Gasteiger partial charge on any atom is 0.265 e. The summed E-state index contributed by atoms with van der Waals surface area (Å²) < 4.78 is 36.5. The van der Waals surface area contributed by atoms with Crippen molar-refractivity contribution in [2.24, 2.45) is 0 Å². The normalized spacial score (nSPS) is 15.2. The molecular weight excluding hydrogens is 530 g/mol. The van der Waals surface area contributed by atoms with Gasteiger partial charge in [-0.2, -0.15) is 5.26 Å². The van der Waals surface area contributed by atoms with Crippen molar-refractivity contribution in [2.75, 3.05) is 40.0 Å². The maximum absolute atomic E-state index is 13.6. The number of rotatable bonds is 11. The first-order valence-corrected chi connectivity index (χ1v) is 14.5. The van der Waals surface area contributed by atoms with E-state index < -0.39 is 20.5 Å². The molecule has 210 valence electrons. The Morgan fingerprint density at radius 2 is 1.57 bits per heavy atom. The Morgan fingerprint density at radius 3 is 2.12 bits per heavy atom. The number of nitrogens with zero attached hydrogens (tertiary/aromatic N) is 2. The predicted molar refractivity (Wildman–Crippen MR) is 150 cm³/mol. The van der Waals surface area contributed by atoms with E-state index in [0.717, 1.165) is 16.7 Å². The Bertz CT molecular complexity index is 1420. The Morgan fingerprint density at radius 1 is 0.975 bits per heavy atom. The number of carbonyl (C=O) groups is 1. The van der Waals surface area contributed by atoms with E-state index in [1.807, 2.05) is 41.3 Å². The molecule has 0 saturated carbocycles. The van der Waals surface area contributed by atoms with Crippen LogP contribution in [0.15, 0.2) is 77.7 Å². The second-order valence-electron chi connectivity index (χ2n) is 9.73. The first-order chi connectivity index (χ1) is 19.3. The van der Waals surface area contributed by atoms with Crippen LogP contribution in [0.5, 0.6) is 5.75 Å². The molecule has 1 aliphatic heterocycles. The van der Waals surface area contributed by atoms with Crippen LogP contribution in [0.3, 0.4) is 0 Å². The summed E-state index contributed by atoms with van der Waals surface area (Å²) in [6.07, 6.45) is 0.786. The number of hydrogen-bond donors (Lipinski definition) is 2. The molecule has 0 atom stereocenters. The van der Waals surface area contributed by atoms with Gasteiger partial charge in [-0.15, -0.1) is 0 Å². The summed E-state index contributed by atoms with van der Waals surface area (Å²) in [5.74, 6) is -0.396. The first kappa shape index (κ1) is 29.2. The van der Waals surface area contributed by atoms with Gasteiger partial charge in [0, 0.05) is 33.2 Å². The van der Waals surface area contributed by atoms with Gasteiger partial charge in [0.1, 0.15) is 5.75 Å². The van der Waals surface area contributed by atoms with E-state index in [1.165, 1.54) is 12.1 Å². The molecule has 1 heterocycles. The third-order valence-electron chi connectivity index (χ3n) is 7.40. The SMILES string of the molecule is COCCN1CCC(C(=O)NO)(S(=O)(=O)c2ccc(OCCc3ccc(-c4ccc(C#N)cc4)cc3)cc2)CC1. The van der Waals surface area contributed by atoms with Crippen LogP contribution in [0.4, 0.5) is 0 Å². The minimum absolute atomic E-state index is 0.00665. The summed E-state index contributed by atoms with van der Waals surface area (Å²) in [5, 5.41) is 18.3. The molecule has 10 heteroatoms. The molecule has 0 unspecified atom stereocenters. The number of nitrogens with one attached hydrogen (secondary N) is 1. The molecular formula is C30H33N3O6S. The van der Waals surface area contributed by atoms with Gasteiger partial charge in [0.25, 0.3) is 5.91 Å². The summed E-state index contributed by atoms with van der Waals surface area (Å²) in [6, 6.07) is 23.7. The van der Waals surface area contributed by atoms with Crippen molar-refractivity contribution in [3.63, 3.8) is 0 Å². The number of likely N-dealkylation sites (tertiary alicyclic amines) is 1. The standard InChI is InChI=1S/C30H33N3O6S/c1-38-21-19-33-17-15-30(16-18-33,29(34)32-35)40(36,37)28-12-10-27(11-13-28)39-20-14-23-2-6-25(7-3-23)26-8-4-24(22-31)5-9-26/h2-13,35H,14-21H2,1H3,(H,32,34). The van der Waals surface area contributed by atoms with Gasteiger partial charge in [-0.3, -0.25) is 10.0 Å². The van der Waals surface area contributed by atoms with E-state index in [-0.39, 0.29) is 17.7 Å². The van der Waals surface area contributed by atoms with Crippen LogP contribution in [0, 0.1) is 11.3 Å². The zero-order valence-corrected chi connectivity index (χ0v) is 23.2. The number of nitriles is 1. The van der Waals surface area contributed by atoms with Crippen molar-refractivity contribution in [3.8, 4) is 22.9 Å². The van der Waals surface area contributed by atoms with Gasteiger partial charge >= 0.3 is 0 Å². The minimum atomic E-state index is -4.09. The van der Waals surface area contributed by atoms with Crippen LogP contribution in [0.1, 0.15) is 24.0 Å². The summed E-state index contributed by atoms with van der Waals surface area (Å²) in [5.41, 5.74) is 5.38. The Balaban J connectivity index is 1.36. The van der Waals surface area contributed by atoms with Crippen molar-refractivity contribution in [1.82, 2.24) is 10.4 Å². The van der Waals surface area contributed by atoms with Crippen LogP contribution in [-0.2, 0) is 25.8 Å². The molecule has 9 nitrogen and oxygen atoms in total. The average molecular weight is 564 g/mol. The Kier molecular flexibility index (Phi) is 9.55. The van der Waals surface area contributed by atoms with E-state index in [2.05, 4.69) is 6.07 Å². The van der Waals surface area contributed by atoms with Crippen LogP contribution in [0.2, 0.25) is 0 Å². The third-order valence-corrected chi connectivity index (χ3v) is 9.92. The van der Waals surface area contributed by atoms with E-state index in [9.17, 15) is 18.4 Å². The molecule has 0 radical (unpaired) electrons. The minimum Gasteiger partial charge on any atom is -0.493 e. The summed E-state index contributed by atoms with van der Waals surface area (Å²) in [6.45, 7) is 2.34. The largest absolute Gasteiger partial charge is 0.493 e. The summed E-state index contributed by atoms with van der Waals surface area (Å²) >= 11 is 0. The smallest absolute Gasteiger partial charge is 0.265 e. The van der Waals surface area contributed by atoms with Crippen LogP contribution in [-0.4, -0.2) is 69.1 Å². The molecule has 0 bridgehead atoms. The molecule has 3 aromatic carbocycles. The first-order valence-electron chi connectivity index (χ1n) is 13.1. The number of piperidine rings is 1. The lowest BCUT2D eigenvalue weighted by Crippen LogP contribution is -2.57. The van der Waals surface area contributed by atoms with Gasteiger partial charge < -0.3 is 14.4 Å². The van der Waals surface area contributed by atoms with Crippen LogP contribution >= 0.6 is 0 Å². The zero-order valence-electron chi connectivity index (χ0n) is 22.4. The van der Waals surface area contributed by atoms with E-state index >= 15 is 0 Å². The number of hydroxylamine groups is 1. The second-order valence-corrected chi connectivity index (χ2v) is 12.0. The number of sulfone groups is 1. The number of methoxy groups -OCH3 is 1. The Hall–Kier alpha value is -3.75. The molecule has 3 aromatic rings. The van der Waals surface area contributed by atoms with E-state index in [4.69, 9.17) is 14.7 Å². The molecule has 0 aliphatic carbocycles. The van der Waals surface area contributed by atoms with Crippen LogP contribution < -0.4 is 10.2 Å². The van der Waals surface area contributed by atoms with Gasteiger partial charge in [0.2, 0.25) is 0 Å². The van der Waals surface area contributed by atoms with Gasteiger partial charge in [-0.05, 0) is 65.9 Å². The molecule has 1 aliphatic rings. The zero-order chi connectivity index (χ0) is 28.6. The fourth-order valence-corrected chi connectivity index (χ4v) is 6.86. The molecule has 1 saturated heterocycles. The second kappa shape index (κ2) is 13.1. The number of benzene rings is 3. The average Bonchev–Trinajstić information content (AvgIpc) is 3.00. The fourth-order valence-electron chi connectivity index (χ4n) is 4.91. The molecule has 1 amide bonds. The van der Waals surface area contributed by atoms with Crippen molar-refractivity contribution in [3.05, 3.63) is 83.9 Å². The Labute approximate surface area is 234 Å². The van der Waals surface area contributed by atoms with Crippen LogP contribution in [0.25, 0.3) is 11.1 Å². The fraction of sp³-hybridized carbons (Fsp3) is 0.333. The number of amides is 1. The van der Waals surface area contributed by atoms with Gasteiger partial charge in [-0.1, -0.05) is 36.4 Å². The van der Waals surface area contributed by atoms with Crippen molar-refractivity contribution in [2.45, 2.75) is 28.9 Å². The lowest BCUT2D eigenvalue weighted by atomic mass is 9.95. The molecule has 2 N–H and O–H groups in total. The molecule has 40 heavy (non-hydrogen) atoms. The highest BCUT2D eigenvalue weighted by Crippen LogP contribution is 2.36. The third kappa shape index (κ3) is 6.35. The van der Waals surface area contributed by atoms with Gasteiger partial charge in [0.05, 0.1) is 29.7 Å². The van der Waals surface area contributed by atoms with E-state index in [0.29, 0.717) is 50.6 Å². The van der Waals surface area contributed by atoms with Gasteiger partial charge in [-0.25, -0.2) is 13.9 Å². The maximum atomic E-state index is 13.6. The lowest BCUT2D eigenvalue weighted by molar-refractivity contribution is -0.133. The summed E-state index contributed by atoms with van der Waals surface area (Å²) in [4.78, 5) is 14.7. The number of carbonyl (C=O) groups excluding carboxylic acids is 1. The van der Waals surface area contributed by atoms with Crippen molar-refractivity contribution in [1.29, 1.82) is 5.26 Å². The van der Waals surface area contributed by atoms with Crippen molar-refractivity contribution < 1.29 is 27.9 Å². The highest BCUT2D eigenvalue weighted by atomic mass is 32.2. The molecule has 1 fully saturated rings. The molecule has 0 aromatic heterocycles. The lowest BCUT2D eigenvalue weighted by Gasteiger charge is -2.39. The highest BCUT2D eigenvalue weighted by molar-refractivity contribution is 7.93. The number of ether oxygens (including phenoxy) is 2.